The number of nitrogens with one attached hydrogen (secondary N) is 1. The predicted octanol–water partition coefficient (Wildman–Crippen LogP) is 5.08. The molecule has 2 nitrogen and oxygen atoms in total. The number of hydrogen-bond donors (Lipinski definition) is 1. The van der Waals surface area contributed by atoms with Crippen molar-refractivity contribution in [1.82, 2.24) is 0 Å². The molecule has 0 bridgehead atoms. The summed E-state index contributed by atoms with van der Waals surface area (Å²) < 4.78 is 6.52. The van der Waals surface area contributed by atoms with E-state index in [0.717, 1.165) is 16.8 Å². The fraction of sp³-hybridized carbons (Fsp3) is 0.294. The highest BCUT2D eigenvalue weighted by atomic mass is 79.9. The van der Waals surface area contributed by atoms with Crippen LogP contribution in [0.3, 0.4) is 0 Å². The second kappa shape index (κ2) is 6.80. The summed E-state index contributed by atoms with van der Waals surface area (Å²) in [5.74, 6) is 0.891. The van der Waals surface area contributed by atoms with Gasteiger partial charge in [-0.05, 0) is 66.0 Å². The third-order valence-electron chi connectivity index (χ3n) is 3.16. The Kier molecular flexibility index (Phi) is 5.07. The van der Waals surface area contributed by atoms with E-state index in [9.17, 15) is 0 Å². The second-order valence-corrected chi connectivity index (χ2v) is 5.72. The van der Waals surface area contributed by atoms with Crippen LogP contribution in [0.4, 0.5) is 5.69 Å². The average molecular weight is 334 g/mol. The monoisotopic (exact) mass is 333 g/mol. The molecule has 0 aliphatic carbocycles. The number of aryl methyl sites for hydroxylation is 2. The molecule has 0 amide bonds. The summed E-state index contributed by atoms with van der Waals surface area (Å²) in [6.45, 7) is 7.71. The average Bonchev–Trinajstić information content (AvgIpc) is 2.41. The molecular weight excluding hydrogens is 314 g/mol. The molecule has 2 rings (SSSR count). The Bertz CT molecular complexity index is 596. The molecule has 2 aromatic rings. The van der Waals surface area contributed by atoms with Crippen LogP contribution in [0.2, 0.25) is 0 Å². The van der Waals surface area contributed by atoms with Gasteiger partial charge in [0, 0.05) is 12.2 Å². The molecule has 0 unspecified atom stereocenters. The zero-order valence-electron chi connectivity index (χ0n) is 12.2. The maximum Gasteiger partial charge on any atom is 0.133 e. The van der Waals surface area contributed by atoms with Gasteiger partial charge in [-0.15, -0.1) is 0 Å². The Labute approximate surface area is 129 Å². The third kappa shape index (κ3) is 3.76. The number of anilines is 1. The van der Waals surface area contributed by atoms with Gasteiger partial charge in [-0.1, -0.05) is 23.8 Å². The first-order chi connectivity index (χ1) is 9.60. The van der Waals surface area contributed by atoms with Gasteiger partial charge in [0.1, 0.15) is 5.75 Å². The first-order valence-electron chi connectivity index (χ1n) is 6.82. The normalized spacial score (nSPS) is 10.4. The Balaban J connectivity index is 2.05. The van der Waals surface area contributed by atoms with Crippen LogP contribution in [0.15, 0.2) is 40.9 Å². The fourth-order valence-electron chi connectivity index (χ4n) is 2.14. The van der Waals surface area contributed by atoms with Gasteiger partial charge in [0.2, 0.25) is 0 Å². The van der Waals surface area contributed by atoms with Crippen LogP contribution in [0, 0.1) is 13.8 Å². The molecular formula is C17H20BrNO. The van der Waals surface area contributed by atoms with E-state index >= 15 is 0 Å². The second-order valence-electron chi connectivity index (χ2n) is 4.87. The minimum absolute atomic E-state index is 0.679. The Morgan fingerprint density at radius 1 is 1.10 bits per heavy atom. The quantitative estimate of drug-likeness (QED) is 0.824. The Morgan fingerprint density at radius 2 is 1.90 bits per heavy atom. The minimum Gasteiger partial charge on any atom is -0.493 e. The number of benzene rings is 2. The summed E-state index contributed by atoms with van der Waals surface area (Å²) in [6.07, 6.45) is 0. The summed E-state index contributed by atoms with van der Waals surface area (Å²) in [4.78, 5) is 0. The van der Waals surface area contributed by atoms with Gasteiger partial charge >= 0.3 is 0 Å². The van der Waals surface area contributed by atoms with Crippen LogP contribution in [-0.2, 0) is 6.54 Å². The fourth-order valence-corrected chi connectivity index (χ4v) is 2.68. The lowest BCUT2D eigenvalue weighted by Crippen LogP contribution is -2.02. The van der Waals surface area contributed by atoms with Gasteiger partial charge in [-0.25, -0.2) is 0 Å². The highest BCUT2D eigenvalue weighted by molar-refractivity contribution is 9.10. The van der Waals surface area contributed by atoms with Crippen LogP contribution in [-0.4, -0.2) is 6.61 Å². The van der Waals surface area contributed by atoms with Crippen LogP contribution >= 0.6 is 15.9 Å². The molecule has 2 aromatic carbocycles. The first kappa shape index (κ1) is 14.9. The van der Waals surface area contributed by atoms with Crippen LogP contribution in [0.5, 0.6) is 5.75 Å². The Hall–Kier alpha value is -1.48. The van der Waals surface area contributed by atoms with Gasteiger partial charge in [0.15, 0.2) is 0 Å². The minimum atomic E-state index is 0.679. The predicted molar refractivity (Wildman–Crippen MR) is 88.6 cm³/mol. The van der Waals surface area contributed by atoms with Crippen molar-refractivity contribution < 1.29 is 4.74 Å². The maximum atomic E-state index is 5.52. The molecule has 20 heavy (non-hydrogen) atoms. The van der Waals surface area contributed by atoms with E-state index in [1.54, 1.807) is 0 Å². The zero-order valence-corrected chi connectivity index (χ0v) is 13.8. The summed E-state index contributed by atoms with van der Waals surface area (Å²) >= 11 is 3.55. The lowest BCUT2D eigenvalue weighted by atomic mass is 10.1. The van der Waals surface area contributed by atoms with Crippen molar-refractivity contribution in [3.63, 3.8) is 0 Å². The molecule has 3 heteroatoms. The van der Waals surface area contributed by atoms with Crippen LogP contribution < -0.4 is 10.1 Å². The molecule has 0 fully saturated rings. The molecule has 0 aromatic heterocycles. The van der Waals surface area contributed by atoms with Crippen molar-refractivity contribution in [2.45, 2.75) is 27.3 Å². The van der Waals surface area contributed by atoms with Gasteiger partial charge in [-0.2, -0.15) is 0 Å². The van der Waals surface area contributed by atoms with Gasteiger partial charge < -0.3 is 10.1 Å². The van der Waals surface area contributed by atoms with E-state index in [0.29, 0.717) is 6.61 Å². The first-order valence-corrected chi connectivity index (χ1v) is 7.62. The van der Waals surface area contributed by atoms with Gasteiger partial charge in [-0.3, -0.25) is 0 Å². The summed E-state index contributed by atoms with van der Waals surface area (Å²) in [5.41, 5.74) is 4.97. The van der Waals surface area contributed by atoms with E-state index in [2.05, 4.69) is 65.4 Å². The topological polar surface area (TPSA) is 21.3 Å². The number of halogens is 1. The number of hydrogen-bond acceptors (Lipinski definition) is 2. The molecule has 1 N–H and O–H groups in total. The van der Waals surface area contributed by atoms with E-state index < -0.39 is 0 Å². The molecule has 0 saturated heterocycles. The van der Waals surface area contributed by atoms with Crippen molar-refractivity contribution in [3.05, 3.63) is 57.6 Å². The summed E-state index contributed by atoms with van der Waals surface area (Å²) in [7, 11) is 0. The highest BCUT2D eigenvalue weighted by Crippen LogP contribution is 2.26. The summed E-state index contributed by atoms with van der Waals surface area (Å²) in [6, 6.07) is 12.6. The maximum absolute atomic E-state index is 5.52. The Morgan fingerprint density at radius 3 is 2.55 bits per heavy atom. The van der Waals surface area contributed by atoms with Crippen molar-refractivity contribution in [1.29, 1.82) is 0 Å². The smallest absolute Gasteiger partial charge is 0.133 e. The standard InChI is InChI=1S/C17H20BrNO/c1-4-20-17-8-6-14(10-15(17)18)11-19-16-7-5-12(2)9-13(16)3/h5-10,19H,4,11H2,1-3H3. The van der Waals surface area contributed by atoms with Gasteiger partial charge in [0.05, 0.1) is 11.1 Å². The molecule has 0 spiro atoms. The molecule has 0 saturated carbocycles. The highest BCUT2D eigenvalue weighted by Gasteiger charge is 2.03. The molecule has 0 atom stereocenters. The van der Waals surface area contributed by atoms with E-state index in [-0.39, 0.29) is 0 Å². The van der Waals surface area contributed by atoms with E-state index in [1.807, 2.05) is 13.0 Å². The number of ether oxygens (including phenoxy) is 1. The third-order valence-corrected chi connectivity index (χ3v) is 3.78. The van der Waals surface area contributed by atoms with Crippen molar-refractivity contribution in [2.75, 3.05) is 11.9 Å². The zero-order chi connectivity index (χ0) is 14.5. The molecule has 0 radical (unpaired) electrons. The van der Waals surface area contributed by atoms with Crippen molar-refractivity contribution in [3.8, 4) is 5.75 Å². The summed E-state index contributed by atoms with van der Waals surface area (Å²) in [5, 5.41) is 3.47. The van der Waals surface area contributed by atoms with Crippen molar-refractivity contribution in [2.24, 2.45) is 0 Å². The molecule has 0 aliphatic rings. The molecule has 106 valence electrons. The lowest BCUT2D eigenvalue weighted by molar-refractivity contribution is 0.338. The van der Waals surface area contributed by atoms with E-state index in [4.69, 9.17) is 4.74 Å². The number of rotatable bonds is 5. The molecule has 0 aliphatic heterocycles. The molecule has 0 heterocycles. The largest absolute Gasteiger partial charge is 0.493 e. The van der Waals surface area contributed by atoms with Gasteiger partial charge in [0.25, 0.3) is 0 Å². The van der Waals surface area contributed by atoms with Crippen molar-refractivity contribution >= 4 is 21.6 Å². The van der Waals surface area contributed by atoms with E-state index in [1.165, 1.54) is 22.4 Å². The van der Waals surface area contributed by atoms with Crippen LogP contribution in [0.25, 0.3) is 0 Å². The van der Waals surface area contributed by atoms with Crippen LogP contribution in [0.1, 0.15) is 23.6 Å². The SMILES string of the molecule is CCOc1ccc(CNc2ccc(C)cc2C)cc1Br. The lowest BCUT2D eigenvalue weighted by Gasteiger charge is -2.12.